The lowest BCUT2D eigenvalue weighted by molar-refractivity contribution is -0.129. The number of benzene rings is 2. The Morgan fingerprint density at radius 1 is 1.06 bits per heavy atom. The summed E-state index contributed by atoms with van der Waals surface area (Å²) >= 11 is 0. The second kappa shape index (κ2) is 3.58. The molecule has 1 saturated heterocycles. The van der Waals surface area contributed by atoms with Crippen molar-refractivity contribution in [3.05, 3.63) is 47.5 Å². The molecule has 0 radical (unpaired) electrons. The topological polar surface area (TPSA) is 20.3 Å². The number of hydrogen-bond acceptors (Lipinski definition) is 1. The molecule has 0 bridgehead atoms. The summed E-state index contributed by atoms with van der Waals surface area (Å²) in [4.78, 5) is 13.9. The van der Waals surface area contributed by atoms with E-state index in [0.29, 0.717) is 11.9 Å². The molecule has 2 aromatic carbocycles. The van der Waals surface area contributed by atoms with E-state index in [1.165, 1.54) is 21.9 Å². The van der Waals surface area contributed by atoms with Gasteiger partial charge in [-0.25, -0.2) is 0 Å². The molecule has 0 saturated carbocycles. The summed E-state index contributed by atoms with van der Waals surface area (Å²) in [6, 6.07) is 13.3. The average Bonchev–Trinajstić information content (AvgIpc) is 2.80. The molecule has 2 heterocycles. The van der Waals surface area contributed by atoms with Crippen LogP contribution >= 0.6 is 0 Å². The zero-order valence-electron chi connectivity index (χ0n) is 10.2. The van der Waals surface area contributed by atoms with Gasteiger partial charge in [-0.1, -0.05) is 36.4 Å². The van der Waals surface area contributed by atoms with Crippen molar-refractivity contribution >= 4 is 16.7 Å². The lowest BCUT2D eigenvalue weighted by Gasteiger charge is -2.32. The number of hydrogen-bond donors (Lipinski definition) is 0. The Balaban J connectivity index is 1.94. The quantitative estimate of drug-likeness (QED) is 0.689. The summed E-state index contributed by atoms with van der Waals surface area (Å²) in [6.45, 7) is 0.893. The minimum absolute atomic E-state index is 0.332. The van der Waals surface area contributed by atoms with Crippen molar-refractivity contribution in [1.29, 1.82) is 0 Å². The number of nitrogens with zero attached hydrogens (tertiary/aromatic N) is 1. The van der Waals surface area contributed by atoms with Crippen LogP contribution in [-0.2, 0) is 11.2 Å². The Morgan fingerprint density at radius 2 is 1.94 bits per heavy atom. The van der Waals surface area contributed by atoms with Gasteiger partial charge in [0.2, 0.25) is 5.91 Å². The standard InChI is InChI=1S/C16H15NO/c18-16-8-7-15-14-6-5-11-3-1-2-4-12(11)13(14)9-10-17(15)16/h1-6,15H,7-10H2/t15-/m1/s1. The first-order valence-corrected chi connectivity index (χ1v) is 6.64. The van der Waals surface area contributed by atoms with Gasteiger partial charge in [0, 0.05) is 13.0 Å². The van der Waals surface area contributed by atoms with E-state index in [1.807, 2.05) is 0 Å². The molecular formula is C16H15NO. The number of fused-ring (bicyclic) bond motifs is 5. The molecule has 0 N–H and O–H groups in total. The first-order valence-electron chi connectivity index (χ1n) is 6.64. The minimum Gasteiger partial charge on any atom is -0.335 e. The summed E-state index contributed by atoms with van der Waals surface area (Å²) in [5.74, 6) is 0.332. The monoisotopic (exact) mass is 237 g/mol. The van der Waals surface area contributed by atoms with E-state index in [2.05, 4.69) is 41.3 Å². The molecule has 4 rings (SSSR count). The molecule has 0 aliphatic carbocycles. The van der Waals surface area contributed by atoms with E-state index in [0.717, 1.165) is 25.8 Å². The molecule has 1 amide bonds. The van der Waals surface area contributed by atoms with Crippen molar-refractivity contribution < 1.29 is 4.79 Å². The van der Waals surface area contributed by atoms with Gasteiger partial charge in [0.1, 0.15) is 0 Å². The number of rotatable bonds is 0. The molecule has 2 nitrogen and oxygen atoms in total. The smallest absolute Gasteiger partial charge is 0.223 e. The highest BCUT2D eigenvalue weighted by atomic mass is 16.2. The van der Waals surface area contributed by atoms with E-state index >= 15 is 0 Å². The first kappa shape index (κ1) is 10.1. The normalized spacial score (nSPS) is 22.1. The van der Waals surface area contributed by atoms with Crippen LogP contribution in [-0.4, -0.2) is 17.4 Å². The van der Waals surface area contributed by atoms with E-state index in [-0.39, 0.29) is 0 Å². The fourth-order valence-corrected chi connectivity index (χ4v) is 3.51. The van der Waals surface area contributed by atoms with E-state index in [9.17, 15) is 4.79 Å². The van der Waals surface area contributed by atoms with Crippen molar-refractivity contribution in [3.63, 3.8) is 0 Å². The highest BCUT2D eigenvalue weighted by Crippen LogP contribution is 2.40. The van der Waals surface area contributed by atoms with Gasteiger partial charge >= 0.3 is 0 Å². The van der Waals surface area contributed by atoms with Gasteiger partial charge in [-0.05, 0) is 34.7 Å². The molecule has 90 valence electrons. The fourth-order valence-electron chi connectivity index (χ4n) is 3.51. The van der Waals surface area contributed by atoms with Crippen LogP contribution in [0.2, 0.25) is 0 Å². The van der Waals surface area contributed by atoms with E-state index in [4.69, 9.17) is 0 Å². The predicted molar refractivity (Wildman–Crippen MR) is 71.3 cm³/mol. The highest BCUT2D eigenvalue weighted by Gasteiger charge is 2.36. The molecule has 2 aromatic rings. The largest absolute Gasteiger partial charge is 0.335 e. The molecule has 0 aromatic heterocycles. The van der Waals surface area contributed by atoms with Gasteiger partial charge in [-0.3, -0.25) is 4.79 Å². The third-order valence-corrected chi connectivity index (χ3v) is 4.37. The maximum atomic E-state index is 11.8. The molecule has 0 spiro atoms. The van der Waals surface area contributed by atoms with Crippen molar-refractivity contribution in [1.82, 2.24) is 4.90 Å². The van der Waals surface area contributed by atoms with Gasteiger partial charge in [0.25, 0.3) is 0 Å². The zero-order chi connectivity index (χ0) is 12.1. The van der Waals surface area contributed by atoms with Crippen LogP contribution in [0.3, 0.4) is 0 Å². The molecule has 0 unspecified atom stereocenters. The van der Waals surface area contributed by atoms with E-state index in [1.54, 1.807) is 0 Å². The Kier molecular flexibility index (Phi) is 2.01. The molecular weight excluding hydrogens is 222 g/mol. The Morgan fingerprint density at radius 3 is 2.89 bits per heavy atom. The van der Waals surface area contributed by atoms with Crippen LogP contribution in [0.25, 0.3) is 10.8 Å². The van der Waals surface area contributed by atoms with Crippen LogP contribution < -0.4 is 0 Å². The first-order chi connectivity index (χ1) is 8.84. The van der Waals surface area contributed by atoms with Crippen LogP contribution in [0.15, 0.2) is 36.4 Å². The summed E-state index contributed by atoms with van der Waals surface area (Å²) in [6.07, 6.45) is 2.71. The zero-order valence-corrected chi connectivity index (χ0v) is 10.2. The SMILES string of the molecule is O=C1CC[C@@H]2c3ccc4ccccc4c3CCN12. The minimum atomic E-state index is 0.332. The van der Waals surface area contributed by atoms with Crippen molar-refractivity contribution in [3.8, 4) is 0 Å². The third kappa shape index (κ3) is 1.26. The second-order valence-corrected chi connectivity index (χ2v) is 5.25. The summed E-state index contributed by atoms with van der Waals surface area (Å²) in [5.41, 5.74) is 2.84. The van der Waals surface area contributed by atoms with E-state index < -0.39 is 0 Å². The summed E-state index contributed by atoms with van der Waals surface area (Å²) in [5, 5.41) is 2.68. The summed E-state index contributed by atoms with van der Waals surface area (Å²) < 4.78 is 0. The molecule has 1 atom stereocenters. The molecule has 2 aliphatic heterocycles. The van der Waals surface area contributed by atoms with Crippen molar-refractivity contribution in [2.75, 3.05) is 6.54 Å². The number of amides is 1. The Bertz CT molecular complexity index is 647. The Hall–Kier alpha value is -1.83. The molecule has 2 aliphatic rings. The van der Waals surface area contributed by atoms with Gasteiger partial charge in [-0.15, -0.1) is 0 Å². The van der Waals surface area contributed by atoms with Gasteiger partial charge in [0.05, 0.1) is 6.04 Å². The molecule has 18 heavy (non-hydrogen) atoms. The Labute approximate surface area is 106 Å². The number of carbonyl (C=O) groups is 1. The van der Waals surface area contributed by atoms with Crippen LogP contribution in [0.1, 0.15) is 30.0 Å². The fraction of sp³-hybridized carbons (Fsp3) is 0.312. The predicted octanol–water partition coefficient (Wildman–Crippen LogP) is 3.06. The van der Waals surface area contributed by atoms with Crippen molar-refractivity contribution in [2.45, 2.75) is 25.3 Å². The maximum Gasteiger partial charge on any atom is 0.223 e. The third-order valence-electron chi connectivity index (χ3n) is 4.37. The molecule has 1 fully saturated rings. The summed E-state index contributed by atoms with van der Waals surface area (Å²) in [7, 11) is 0. The van der Waals surface area contributed by atoms with Gasteiger partial charge in [-0.2, -0.15) is 0 Å². The van der Waals surface area contributed by atoms with Crippen LogP contribution in [0.5, 0.6) is 0 Å². The number of carbonyl (C=O) groups excluding carboxylic acids is 1. The van der Waals surface area contributed by atoms with Crippen LogP contribution in [0.4, 0.5) is 0 Å². The van der Waals surface area contributed by atoms with Crippen molar-refractivity contribution in [2.24, 2.45) is 0 Å². The lowest BCUT2D eigenvalue weighted by atomic mass is 9.89. The maximum absolute atomic E-state index is 11.8. The van der Waals surface area contributed by atoms with Gasteiger partial charge < -0.3 is 4.90 Å². The lowest BCUT2D eigenvalue weighted by Crippen LogP contribution is -2.34. The van der Waals surface area contributed by atoms with Gasteiger partial charge in [0.15, 0.2) is 0 Å². The average molecular weight is 237 g/mol. The molecule has 2 heteroatoms. The van der Waals surface area contributed by atoms with Crippen LogP contribution in [0, 0.1) is 0 Å². The highest BCUT2D eigenvalue weighted by molar-refractivity contribution is 5.88. The second-order valence-electron chi connectivity index (χ2n) is 5.25.